The fourth-order valence-electron chi connectivity index (χ4n) is 4.87. The van der Waals surface area contributed by atoms with Crippen molar-refractivity contribution >= 4 is 11.5 Å². The van der Waals surface area contributed by atoms with Crippen molar-refractivity contribution in [2.75, 3.05) is 5.73 Å². The Morgan fingerprint density at radius 1 is 1.10 bits per heavy atom. The number of nitrogens with zero attached hydrogens (tertiary/aromatic N) is 5. The predicted molar refractivity (Wildman–Crippen MR) is 110 cm³/mol. The Morgan fingerprint density at radius 3 is 2.63 bits per heavy atom. The SMILES string of the molecule is Nc1c(F)c(C2CC3CC[C@H](C2)N3)nc2c(-c3ccc(-c4ncc[nH]4)nc3)cnn12. The van der Waals surface area contributed by atoms with Crippen LogP contribution in [-0.2, 0) is 0 Å². The molecule has 9 heteroatoms. The molecule has 0 saturated carbocycles. The summed E-state index contributed by atoms with van der Waals surface area (Å²) in [7, 11) is 0. The molecule has 30 heavy (non-hydrogen) atoms. The molecule has 4 aromatic heterocycles. The van der Waals surface area contributed by atoms with E-state index in [1.54, 1.807) is 24.8 Å². The number of imidazole rings is 1. The van der Waals surface area contributed by atoms with Gasteiger partial charge in [0.05, 0.1) is 11.9 Å². The number of halogens is 1. The van der Waals surface area contributed by atoms with Crippen molar-refractivity contribution in [1.82, 2.24) is 34.9 Å². The maximum atomic E-state index is 15.1. The summed E-state index contributed by atoms with van der Waals surface area (Å²) in [6.07, 6.45) is 10.9. The number of nitrogen functional groups attached to an aromatic ring is 1. The number of fused-ring (bicyclic) bond motifs is 3. The molecule has 6 rings (SSSR count). The first kappa shape index (κ1) is 17.5. The van der Waals surface area contributed by atoms with E-state index in [1.807, 2.05) is 12.1 Å². The van der Waals surface area contributed by atoms with Gasteiger partial charge >= 0.3 is 0 Å². The van der Waals surface area contributed by atoms with Crippen LogP contribution >= 0.6 is 0 Å². The van der Waals surface area contributed by atoms with Gasteiger partial charge in [-0.15, -0.1) is 0 Å². The molecule has 6 heterocycles. The third kappa shape index (κ3) is 2.69. The maximum Gasteiger partial charge on any atom is 0.187 e. The van der Waals surface area contributed by atoms with Crippen molar-refractivity contribution in [2.24, 2.45) is 0 Å². The third-order valence-corrected chi connectivity index (χ3v) is 6.32. The van der Waals surface area contributed by atoms with Crippen LogP contribution in [0.15, 0.2) is 36.9 Å². The number of aromatic nitrogens is 6. The molecule has 0 amide bonds. The second-order valence-corrected chi connectivity index (χ2v) is 8.17. The van der Waals surface area contributed by atoms with E-state index < -0.39 is 5.82 Å². The molecule has 152 valence electrons. The number of hydrogen-bond donors (Lipinski definition) is 3. The quantitative estimate of drug-likeness (QED) is 0.484. The zero-order valence-electron chi connectivity index (χ0n) is 16.2. The minimum atomic E-state index is -0.449. The summed E-state index contributed by atoms with van der Waals surface area (Å²) in [5.41, 5.74) is 9.51. The monoisotopic (exact) mass is 404 g/mol. The zero-order valence-corrected chi connectivity index (χ0v) is 16.2. The first-order chi connectivity index (χ1) is 14.7. The van der Waals surface area contributed by atoms with E-state index in [4.69, 9.17) is 10.7 Å². The van der Waals surface area contributed by atoms with Gasteiger partial charge in [-0.05, 0) is 31.7 Å². The van der Waals surface area contributed by atoms with Gasteiger partial charge in [-0.2, -0.15) is 9.61 Å². The van der Waals surface area contributed by atoms with E-state index in [0.717, 1.165) is 42.5 Å². The van der Waals surface area contributed by atoms with Crippen LogP contribution in [0.2, 0.25) is 0 Å². The Morgan fingerprint density at radius 2 is 1.93 bits per heavy atom. The molecule has 4 aromatic rings. The normalized spacial score (nSPS) is 23.3. The highest BCUT2D eigenvalue weighted by Gasteiger charge is 2.36. The molecule has 2 aliphatic rings. The van der Waals surface area contributed by atoms with E-state index in [9.17, 15) is 0 Å². The fourth-order valence-corrected chi connectivity index (χ4v) is 4.87. The maximum absolute atomic E-state index is 15.1. The van der Waals surface area contributed by atoms with E-state index in [1.165, 1.54) is 4.52 Å². The molecule has 4 N–H and O–H groups in total. The van der Waals surface area contributed by atoms with Gasteiger partial charge in [0.2, 0.25) is 0 Å². The minimum Gasteiger partial charge on any atom is -0.381 e. The van der Waals surface area contributed by atoms with Gasteiger partial charge in [-0.3, -0.25) is 4.98 Å². The Labute approximate surface area is 171 Å². The molecule has 2 unspecified atom stereocenters. The minimum absolute atomic E-state index is 0.00675. The number of nitrogens with one attached hydrogen (secondary N) is 2. The summed E-state index contributed by atoms with van der Waals surface area (Å²) in [6.45, 7) is 0. The average Bonchev–Trinajstić information content (AvgIpc) is 3.51. The van der Waals surface area contributed by atoms with Crippen molar-refractivity contribution in [2.45, 2.75) is 43.7 Å². The Hall–Kier alpha value is -3.33. The number of piperidine rings is 1. The molecule has 3 atom stereocenters. The van der Waals surface area contributed by atoms with Gasteiger partial charge < -0.3 is 16.0 Å². The van der Waals surface area contributed by atoms with Gasteiger partial charge in [0, 0.05) is 47.7 Å². The first-order valence-corrected chi connectivity index (χ1v) is 10.2. The number of H-pyrrole nitrogens is 1. The first-order valence-electron chi connectivity index (χ1n) is 10.2. The smallest absolute Gasteiger partial charge is 0.187 e. The number of aromatic amines is 1. The molecule has 0 aliphatic carbocycles. The van der Waals surface area contributed by atoms with Crippen LogP contribution in [0.25, 0.3) is 28.3 Å². The molecule has 2 aliphatic heterocycles. The lowest BCUT2D eigenvalue weighted by Gasteiger charge is -2.29. The highest BCUT2D eigenvalue weighted by molar-refractivity contribution is 5.78. The van der Waals surface area contributed by atoms with Gasteiger partial charge in [-0.1, -0.05) is 6.07 Å². The molecular formula is C21H21FN8. The Bertz CT molecular complexity index is 1200. The standard InChI is InChI=1S/C21H21FN8/c22-17-18(12-7-13-2-3-14(8-12)28-13)29-21-15(10-27-30(21)19(17)23)11-1-4-16(26-9-11)20-24-5-6-25-20/h1,4-6,9-10,12-14,28H,2-3,7-8,23H2,(H,24,25)/t12?,13-,14?/m1/s1. The van der Waals surface area contributed by atoms with E-state index in [0.29, 0.717) is 29.2 Å². The molecule has 8 nitrogen and oxygen atoms in total. The van der Waals surface area contributed by atoms with Gasteiger partial charge in [-0.25, -0.2) is 14.4 Å². The van der Waals surface area contributed by atoms with Gasteiger partial charge in [0.15, 0.2) is 23.1 Å². The van der Waals surface area contributed by atoms with Gasteiger partial charge in [0.1, 0.15) is 5.69 Å². The fraction of sp³-hybridized carbons (Fsp3) is 0.333. The summed E-state index contributed by atoms with van der Waals surface area (Å²) in [5.74, 6) is 0.328. The van der Waals surface area contributed by atoms with Crippen molar-refractivity contribution in [3.05, 3.63) is 48.4 Å². The topological polar surface area (TPSA) is 110 Å². The van der Waals surface area contributed by atoms with Crippen LogP contribution < -0.4 is 11.1 Å². The lowest BCUT2D eigenvalue weighted by atomic mass is 9.89. The van der Waals surface area contributed by atoms with E-state index in [-0.39, 0.29) is 11.7 Å². The van der Waals surface area contributed by atoms with E-state index >= 15 is 4.39 Å². The summed E-state index contributed by atoms with van der Waals surface area (Å²) >= 11 is 0. The molecule has 0 radical (unpaired) electrons. The lowest BCUT2D eigenvalue weighted by Crippen LogP contribution is -2.37. The van der Waals surface area contributed by atoms with Crippen LogP contribution in [0, 0.1) is 5.82 Å². The average molecular weight is 404 g/mol. The second kappa shape index (κ2) is 6.60. The Kier molecular flexibility index (Phi) is 3.85. The lowest BCUT2D eigenvalue weighted by molar-refractivity contribution is 0.351. The van der Waals surface area contributed by atoms with Crippen molar-refractivity contribution in [1.29, 1.82) is 0 Å². The molecule has 2 fully saturated rings. The van der Waals surface area contributed by atoms with Crippen molar-refractivity contribution in [3.63, 3.8) is 0 Å². The Balaban J connectivity index is 1.42. The number of anilines is 1. The van der Waals surface area contributed by atoms with Crippen molar-refractivity contribution in [3.8, 4) is 22.6 Å². The highest BCUT2D eigenvalue weighted by Crippen LogP contribution is 2.39. The second-order valence-electron chi connectivity index (χ2n) is 8.17. The molecule has 0 aromatic carbocycles. The van der Waals surface area contributed by atoms with Crippen LogP contribution in [-0.4, -0.2) is 41.6 Å². The summed E-state index contributed by atoms with van der Waals surface area (Å²) in [4.78, 5) is 16.5. The molecule has 2 bridgehead atoms. The zero-order chi connectivity index (χ0) is 20.2. The summed E-state index contributed by atoms with van der Waals surface area (Å²) < 4.78 is 16.5. The largest absolute Gasteiger partial charge is 0.381 e. The van der Waals surface area contributed by atoms with Crippen LogP contribution in [0.3, 0.4) is 0 Å². The molecule has 2 saturated heterocycles. The van der Waals surface area contributed by atoms with Crippen LogP contribution in [0.1, 0.15) is 37.3 Å². The third-order valence-electron chi connectivity index (χ3n) is 6.32. The number of rotatable bonds is 3. The molecular weight excluding hydrogens is 383 g/mol. The summed E-state index contributed by atoms with van der Waals surface area (Å²) in [6, 6.07) is 4.70. The van der Waals surface area contributed by atoms with Crippen LogP contribution in [0.5, 0.6) is 0 Å². The van der Waals surface area contributed by atoms with Crippen LogP contribution in [0.4, 0.5) is 10.2 Å². The number of pyridine rings is 1. The summed E-state index contributed by atoms with van der Waals surface area (Å²) in [5, 5.41) is 7.88. The predicted octanol–water partition coefficient (Wildman–Crippen LogP) is 2.90. The number of hydrogen-bond acceptors (Lipinski definition) is 6. The van der Waals surface area contributed by atoms with E-state index in [2.05, 4.69) is 25.4 Å². The number of nitrogens with two attached hydrogens (primary N) is 1. The van der Waals surface area contributed by atoms with Gasteiger partial charge in [0.25, 0.3) is 0 Å². The molecule has 0 spiro atoms. The highest BCUT2D eigenvalue weighted by atomic mass is 19.1. The van der Waals surface area contributed by atoms with Crippen molar-refractivity contribution < 1.29 is 4.39 Å².